The minimum absolute atomic E-state index is 0.0600. The van der Waals surface area contributed by atoms with Gasteiger partial charge in [0.05, 0.1) is 5.69 Å². The number of aromatic nitrogens is 2. The highest BCUT2D eigenvalue weighted by Gasteiger charge is 2.31. The number of halogens is 3. The Bertz CT molecular complexity index is 859. The first-order chi connectivity index (χ1) is 11.1. The van der Waals surface area contributed by atoms with Crippen LogP contribution >= 0.6 is 0 Å². The lowest BCUT2D eigenvalue weighted by Gasteiger charge is -2.19. The third-order valence-electron chi connectivity index (χ3n) is 3.67. The average molecular weight is 334 g/mol. The molecule has 0 radical (unpaired) electrons. The van der Waals surface area contributed by atoms with Crippen LogP contribution in [0, 0.1) is 0 Å². The van der Waals surface area contributed by atoms with Crippen LogP contribution in [0.2, 0.25) is 0 Å². The minimum atomic E-state index is -4.69. The van der Waals surface area contributed by atoms with E-state index in [1.807, 2.05) is 28.9 Å². The summed E-state index contributed by atoms with van der Waals surface area (Å²) in [4.78, 5) is 4.65. The molecule has 2 aromatic heterocycles. The molecule has 0 aliphatic rings. The molecule has 0 saturated carbocycles. The lowest BCUT2D eigenvalue weighted by Crippen LogP contribution is -2.16. The van der Waals surface area contributed by atoms with Gasteiger partial charge in [-0.15, -0.1) is 13.2 Å². The molecule has 0 saturated heterocycles. The quantitative estimate of drug-likeness (QED) is 0.644. The monoisotopic (exact) mass is 334 g/mol. The number of hydrogen-bond acceptors (Lipinski definition) is 2. The van der Waals surface area contributed by atoms with E-state index in [1.54, 1.807) is 12.1 Å². The van der Waals surface area contributed by atoms with Crippen LogP contribution in [0.15, 0.2) is 48.8 Å². The van der Waals surface area contributed by atoms with Crippen molar-refractivity contribution >= 4 is 5.65 Å². The Kier molecular flexibility index (Phi) is 3.78. The molecule has 0 fully saturated rings. The fraction of sp³-hybridized carbons (Fsp3) is 0.278. The van der Waals surface area contributed by atoms with Crippen molar-refractivity contribution in [3.63, 3.8) is 0 Å². The van der Waals surface area contributed by atoms with Gasteiger partial charge in [0.2, 0.25) is 0 Å². The van der Waals surface area contributed by atoms with Gasteiger partial charge in [0.1, 0.15) is 11.4 Å². The average Bonchev–Trinajstić information content (AvgIpc) is 2.88. The summed E-state index contributed by atoms with van der Waals surface area (Å²) < 4.78 is 42.5. The van der Waals surface area contributed by atoms with E-state index in [0.29, 0.717) is 5.69 Å². The summed E-state index contributed by atoms with van der Waals surface area (Å²) in [6, 6.07) is 9.71. The highest BCUT2D eigenvalue weighted by Crippen LogP contribution is 2.30. The first kappa shape index (κ1) is 16.4. The highest BCUT2D eigenvalue weighted by molar-refractivity contribution is 5.65. The van der Waals surface area contributed by atoms with Crippen molar-refractivity contribution < 1.29 is 17.9 Å². The van der Waals surface area contributed by atoms with Crippen LogP contribution in [0.5, 0.6) is 5.75 Å². The largest absolute Gasteiger partial charge is 0.573 e. The van der Waals surface area contributed by atoms with Crippen molar-refractivity contribution in [3.05, 3.63) is 54.4 Å². The molecule has 0 spiro atoms. The lowest BCUT2D eigenvalue weighted by molar-refractivity contribution is -0.274. The smallest absolute Gasteiger partial charge is 0.406 e. The number of alkyl halides is 3. The van der Waals surface area contributed by atoms with Crippen molar-refractivity contribution in [1.82, 2.24) is 9.38 Å². The van der Waals surface area contributed by atoms with Crippen LogP contribution in [0.1, 0.15) is 26.3 Å². The zero-order chi connectivity index (χ0) is 17.5. The Morgan fingerprint density at radius 2 is 1.67 bits per heavy atom. The zero-order valence-corrected chi connectivity index (χ0v) is 13.6. The molecule has 0 N–H and O–H groups in total. The van der Waals surface area contributed by atoms with E-state index < -0.39 is 6.36 Å². The number of rotatable bonds is 2. The third-order valence-corrected chi connectivity index (χ3v) is 3.67. The highest BCUT2D eigenvalue weighted by atomic mass is 19.4. The maximum Gasteiger partial charge on any atom is 0.573 e. The van der Waals surface area contributed by atoms with E-state index in [0.717, 1.165) is 16.8 Å². The van der Waals surface area contributed by atoms with Gasteiger partial charge in [-0.25, -0.2) is 4.98 Å². The summed E-state index contributed by atoms with van der Waals surface area (Å²) in [6.45, 7) is 6.33. The van der Waals surface area contributed by atoms with E-state index in [-0.39, 0.29) is 11.2 Å². The molecule has 0 aliphatic carbocycles. The normalized spacial score (nSPS) is 12.6. The van der Waals surface area contributed by atoms with Crippen molar-refractivity contribution in [2.24, 2.45) is 0 Å². The molecule has 3 rings (SSSR count). The fourth-order valence-corrected chi connectivity index (χ4v) is 2.56. The number of hydrogen-bond donors (Lipinski definition) is 0. The second-order valence-corrected chi connectivity index (χ2v) is 6.60. The number of imidazole rings is 1. The topological polar surface area (TPSA) is 26.5 Å². The van der Waals surface area contributed by atoms with E-state index in [4.69, 9.17) is 0 Å². The molecule has 0 atom stereocenters. The predicted octanol–water partition coefficient (Wildman–Crippen LogP) is 5.20. The molecule has 126 valence electrons. The number of pyridine rings is 1. The zero-order valence-electron chi connectivity index (χ0n) is 13.6. The van der Waals surface area contributed by atoms with E-state index in [2.05, 4.69) is 30.5 Å². The Morgan fingerprint density at radius 1 is 1.00 bits per heavy atom. The van der Waals surface area contributed by atoms with Gasteiger partial charge < -0.3 is 9.14 Å². The minimum Gasteiger partial charge on any atom is -0.406 e. The lowest BCUT2D eigenvalue weighted by atomic mass is 9.88. The molecule has 0 unspecified atom stereocenters. The van der Waals surface area contributed by atoms with Crippen LogP contribution in [0.25, 0.3) is 16.9 Å². The maximum atomic E-state index is 12.2. The summed E-state index contributed by atoms with van der Waals surface area (Å²) in [6.07, 6.45) is -0.918. The van der Waals surface area contributed by atoms with Crippen LogP contribution in [0.3, 0.4) is 0 Å². The fourth-order valence-electron chi connectivity index (χ4n) is 2.56. The van der Waals surface area contributed by atoms with Gasteiger partial charge in [0.25, 0.3) is 0 Å². The van der Waals surface area contributed by atoms with Crippen LogP contribution in [-0.4, -0.2) is 15.7 Å². The van der Waals surface area contributed by atoms with Gasteiger partial charge in [0, 0.05) is 23.5 Å². The molecule has 6 heteroatoms. The van der Waals surface area contributed by atoms with Crippen molar-refractivity contribution in [3.8, 4) is 17.0 Å². The van der Waals surface area contributed by atoms with Gasteiger partial charge in [-0.05, 0) is 35.7 Å². The Hall–Kier alpha value is -2.50. The van der Waals surface area contributed by atoms with Crippen LogP contribution in [-0.2, 0) is 5.41 Å². The van der Waals surface area contributed by atoms with Crippen molar-refractivity contribution in [1.29, 1.82) is 0 Å². The maximum absolute atomic E-state index is 12.2. The molecule has 0 amide bonds. The summed E-state index contributed by atoms with van der Waals surface area (Å²) >= 11 is 0. The van der Waals surface area contributed by atoms with Gasteiger partial charge in [-0.3, -0.25) is 0 Å². The van der Waals surface area contributed by atoms with Crippen molar-refractivity contribution in [2.75, 3.05) is 0 Å². The molecule has 1 aromatic carbocycles. The van der Waals surface area contributed by atoms with Gasteiger partial charge >= 0.3 is 6.36 Å². The van der Waals surface area contributed by atoms with Gasteiger partial charge in [-0.2, -0.15) is 0 Å². The Labute approximate surface area is 137 Å². The van der Waals surface area contributed by atoms with E-state index >= 15 is 0 Å². The van der Waals surface area contributed by atoms with Gasteiger partial charge in [-0.1, -0.05) is 26.8 Å². The molecular weight excluding hydrogens is 317 g/mol. The number of fused-ring (bicyclic) bond motifs is 1. The summed E-state index contributed by atoms with van der Waals surface area (Å²) in [5.41, 5.74) is 3.32. The molecule has 3 nitrogen and oxygen atoms in total. The Morgan fingerprint density at radius 3 is 2.25 bits per heavy atom. The molecule has 24 heavy (non-hydrogen) atoms. The standard InChI is InChI=1S/C18H17F3N2O/c1-17(2,3)14-5-4-10-23-11-15(22-16(14)23)12-6-8-13(9-7-12)24-18(19,20)21/h4-11H,1-3H3. The second-order valence-electron chi connectivity index (χ2n) is 6.60. The van der Waals surface area contributed by atoms with Crippen molar-refractivity contribution in [2.45, 2.75) is 32.5 Å². The van der Waals surface area contributed by atoms with Crippen LogP contribution < -0.4 is 4.74 Å². The first-order valence-electron chi connectivity index (χ1n) is 7.48. The number of ether oxygens (including phenoxy) is 1. The second kappa shape index (κ2) is 5.54. The first-order valence-corrected chi connectivity index (χ1v) is 7.48. The molecule has 0 aliphatic heterocycles. The summed E-state index contributed by atoms with van der Waals surface area (Å²) in [5, 5.41) is 0. The number of benzene rings is 1. The molecule has 2 heterocycles. The number of nitrogens with zero attached hydrogens (tertiary/aromatic N) is 2. The van der Waals surface area contributed by atoms with Gasteiger partial charge in [0.15, 0.2) is 0 Å². The SMILES string of the molecule is CC(C)(C)c1cccn2cc(-c3ccc(OC(F)(F)F)cc3)nc12. The van der Waals surface area contributed by atoms with E-state index in [1.165, 1.54) is 12.1 Å². The predicted molar refractivity (Wildman–Crippen MR) is 86.0 cm³/mol. The molecule has 3 aromatic rings. The van der Waals surface area contributed by atoms with Crippen LogP contribution in [0.4, 0.5) is 13.2 Å². The van der Waals surface area contributed by atoms with E-state index in [9.17, 15) is 13.2 Å². The summed E-state index contributed by atoms with van der Waals surface area (Å²) in [7, 11) is 0. The molecule has 0 bridgehead atoms. The Balaban J connectivity index is 1.98. The summed E-state index contributed by atoms with van der Waals surface area (Å²) in [5.74, 6) is -0.245. The third kappa shape index (κ3) is 3.37. The molecular formula is C18H17F3N2O.